The summed E-state index contributed by atoms with van der Waals surface area (Å²) in [6.45, 7) is 1.86. The Morgan fingerprint density at radius 1 is 1.10 bits per heavy atom. The zero-order valence-corrected chi connectivity index (χ0v) is 16.3. The van der Waals surface area contributed by atoms with Crippen LogP contribution in [-0.2, 0) is 6.54 Å². The van der Waals surface area contributed by atoms with E-state index in [0.29, 0.717) is 36.5 Å². The first-order valence-electron chi connectivity index (χ1n) is 10.1. The fourth-order valence-electron chi connectivity index (χ4n) is 3.33. The van der Waals surface area contributed by atoms with Gasteiger partial charge in [0.15, 0.2) is 5.75 Å². The molecule has 2 aromatic carbocycles. The van der Waals surface area contributed by atoms with E-state index in [0.717, 1.165) is 37.8 Å². The van der Waals surface area contributed by atoms with Gasteiger partial charge in [-0.15, -0.1) is 0 Å². The van der Waals surface area contributed by atoms with Crippen LogP contribution in [0.1, 0.15) is 41.6 Å². The van der Waals surface area contributed by atoms with E-state index < -0.39 is 4.92 Å². The van der Waals surface area contributed by atoms with Crippen LogP contribution in [0.15, 0.2) is 48.5 Å². The van der Waals surface area contributed by atoms with Crippen molar-refractivity contribution in [3.05, 3.63) is 69.8 Å². The molecule has 1 amide bonds. The van der Waals surface area contributed by atoms with Crippen LogP contribution in [0, 0.1) is 10.1 Å². The third-order valence-electron chi connectivity index (χ3n) is 5.28. The van der Waals surface area contributed by atoms with Crippen molar-refractivity contribution in [2.24, 2.45) is 0 Å². The number of hydrogen-bond acceptors (Lipinski definition) is 5. The van der Waals surface area contributed by atoms with Gasteiger partial charge in [0.1, 0.15) is 6.61 Å². The van der Waals surface area contributed by atoms with Crippen LogP contribution in [0.2, 0.25) is 0 Å². The van der Waals surface area contributed by atoms with Crippen molar-refractivity contribution in [1.82, 2.24) is 10.2 Å². The van der Waals surface area contributed by atoms with Crippen molar-refractivity contribution in [1.29, 1.82) is 0 Å². The second-order valence-electron chi connectivity index (χ2n) is 7.72. The molecule has 1 N–H and O–H groups in total. The third kappa shape index (κ3) is 5.32. The van der Waals surface area contributed by atoms with Crippen LogP contribution in [0.25, 0.3) is 0 Å². The molecule has 0 aromatic heterocycles. The predicted molar refractivity (Wildman–Crippen MR) is 109 cm³/mol. The fraction of sp³-hybridized carbons (Fsp3) is 0.409. The number of nitro benzene ring substituents is 1. The van der Waals surface area contributed by atoms with Crippen molar-refractivity contribution in [2.45, 2.75) is 44.3 Å². The highest BCUT2D eigenvalue weighted by Gasteiger charge is 2.29. The smallest absolute Gasteiger partial charge is 0.310 e. The molecule has 4 rings (SSSR count). The van der Waals surface area contributed by atoms with Gasteiger partial charge in [-0.25, -0.2) is 0 Å². The zero-order valence-electron chi connectivity index (χ0n) is 16.3. The van der Waals surface area contributed by atoms with Crippen LogP contribution < -0.4 is 10.1 Å². The minimum absolute atomic E-state index is 0.00375. The van der Waals surface area contributed by atoms with E-state index in [1.807, 2.05) is 24.3 Å². The zero-order chi connectivity index (χ0) is 20.2. The highest BCUT2D eigenvalue weighted by molar-refractivity contribution is 5.94. The average Bonchev–Trinajstić information content (AvgIpc) is 3.62. The molecule has 2 aliphatic rings. The maximum atomic E-state index is 12.1. The highest BCUT2D eigenvalue weighted by atomic mass is 16.6. The molecule has 0 bridgehead atoms. The minimum Gasteiger partial charge on any atom is -0.485 e. The molecule has 0 radical (unpaired) electrons. The number of nitro groups is 1. The van der Waals surface area contributed by atoms with Gasteiger partial charge in [-0.2, -0.15) is 0 Å². The molecule has 2 aromatic rings. The molecular formula is C22H25N3O4. The van der Waals surface area contributed by atoms with Crippen molar-refractivity contribution in [2.75, 3.05) is 13.2 Å². The first kappa shape index (κ1) is 19.4. The summed E-state index contributed by atoms with van der Waals surface area (Å²) < 4.78 is 5.70. The van der Waals surface area contributed by atoms with Crippen LogP contribution in [0.4, 0.5) is 5.69 Å². The molecule has 0 heterocycles. The molecule has 2 aliphatic carbocycles. The molecule has 0 spiro atoms. The molecule has 29 heavy (non-hydrogen) atoms. The van der Waals surface area contributed by atoms with Crippen LogP contribution in [0.3, 0.4) is 0 Å². The highest BCUT2D eigenvalue weighted by Crippen LogP contribution is 2.29. The van der Waals surface area contributed by atoms with Crippen LogP contribution >= 0.6 is 0 Å². The number of nitrogens with one attached hydrogen (secondary N) is 1. The molecule has 2 saturated carbocycles. The lowest BCUT2D eigenvalue weighted by Gasteiger charge is -2.22. The number of ether oxygens (including phenoxy) is 1. The Labute approximate surface area is 169 Å². The first-order chi connectivity index (χ1) is 14.1. The number of benzene rings is 2. The van der Waals surface area contributed by atoms with E-state index in [2.05, 4.69) is 10.2 Å². The minimum atomic E-state index is -0.422. The summed E-state index contributed by atoms with van der Waals surface area (Å²) in [5.41, 5.74) is 1.83. The van der Waals surface area contributed by atoms with E-state index in [1.165, 1.54) is 6.07 Å². The summed E-state index contributed by atoms with van der Waals surface area (Å²) in [6.07, 6.45) is 4.48. The van der Waals surface area contributed by atoms with Crippen molar-refractivity contribution in [3.63, 3.8) is 0 Å². The summed E-state index contributed by atoms with van der Waals surface area (Å²) in [7, 11) is 0. The fourth-order valence-corrected chi connectivity index (χ4v) is 3.33. The van der Waals surface area contributed by atoms with Gasteiger partial charge in [-0.05, 0) is 49.4 Å². The van der Waals surface area contributed by atoms with Gasteiger partial charge in [-0.1, -0.05) is 24.3 Å². The predicted octanol–water partition coefficient (Wildman–Crippen LogP) is 3.53. The van der Waals surface area contributed by atoms with Crippen molar-refractivity contribution in [3.8, 4) is 5.75 Å². The Morgan fingerprint density at radius 3 is 2.48 bits per heavy atom. The molecule has 0 saturated heterocycles. The molecule has 0 aliphatic heterocycles. The van der Waals surface area contributed by atoms with Gasteiger partial charge in [0.2, 0.25) is 0 Å². The molecule has 152 valence electrons. The van der Waals surface area contributed by atoms with Gasteiger partial charge in [0, 0.05) is 36.8 Å². The number of hydrogen-bond donors (Lipinski definition) is 1. The van der Waals surface area contributed by atoms with Gasteiger partial charge in [0.05, 0.1) is 4.92 Å². The topological polar surface area (TPSA) is 84.7 Å². The number of para-hydroxylation sites is 2. The summed E-state index contributed by atoms with van der Waals surface area (Å²) in [5, 5.41) is 14.1. The lowest BCUT2D eigenvalue weighted by atomic mass is 10.1. The molecule has 7 heteroatoms. The average molecular weight is 395 g/mol. The molecule has 2 fully saturated rings. The summed E-state index contributed by atoms with van der Waals surface area (Å²) in [5.74, 6) is 0.301. The Balaban J connectivity index is 1.31. The lowest BCUT2D eigenvalue weighted by Crippen LogP contribution is -2.30. The number of nitrogens with zero attached hydrogens (tertiary/aromatic N) is 2. The van der Waals surface area contributed by atoms with E-state index in [1.54, 1.807) is 18.2 Å². The quantitative estimate of drug-likeness (QED) is 0.491. The van der Waals surface area contributed by atoms with Gasteiger partial charge in [0.25, 0.3) is 5.91 Å². The standard InChI is InChI=1S/C22H25N3O4/c26-22(23-18-9-10-18)17-7-5-16(6-8-17)15-24(19-11-12-19)13-14-29-21-4-2-1-3-20(21)25(27)28/h1-8,18-19H,9-15H2,(H,23,26). The number of amides is 1. The van der Waals surface area contributed by atoms with Gasteiger partial charge < -0.3 is 10.1 Å². The van der Waals surface area contributed by atoms with E-state index in [9.17, 15) is 14.9 Å². The number of carbonyl (C=O) groups excluding carboxylic acids is 1. The largest absolute Gasteiger partial charge is 0.485 e. The van der Waals surface area contributed by atoms with Crippen LogP contribution in [0.5, 0.6) is 5.75 Å². The Kier molecular flexibility index (Phi) is 5.76. The second kappa shape index (κ2) is 8.61. The maximum absolute atomic E-state index is 12.1. The van der Waals surface area contributed by atoms with Crippen LogP contribution in [-0.4, -0.2) is 41.0 Å². The second-order valence-corrected chi connectivity index (χ2v) is 7.72. The summed E-state index contributed by atoms with van der Waals surface area (Å²) in [4.78, 5) is 25.1. The van der Waals surface area contributed by atoms with Gasteiger partial charge in [-0.3, -0.25) is 19.8 Å². The van der Waals surface area contributed by atoms with Crippen molar-refractivity contribution >= 4 is 11.6 Å². The van der Waals surface area contributed by atoms with E-state index >= 15 is 0 Å². The Hall–Kier alpha value is -2.93. The van der Waals surface area contributed by atoms with Gasteiger partial charge >= 0.3 is 5.69 Å². The Morgan fingerprint density at radius 2 is 1.83 bits per heavy atom. The SMILES string of the molecule is O=C(NC1CC1)c1ccc(CN(CCOc2ccccc2[N+](=O)[O-])C2CC2)cc1. The molecule has 7 nitrogen and oxygen atoms in total. The van der Waals surface area contributed by atoms with Crippen molar-refractivity contribution < 1.29 is 14.5 Å². The third-order valence-corrected chi connectivity index (χ3v) is 5.28. The summed E-state index contributed by atoms with van der Waals surface area (Å²) >= 11 is 0. The molecular weight excluding hydrogens is 370 g/mol. The summed E-state index contributed by atoms with van der Waals surface area (Å²) in [6, 6.07) is 15.1. The van der Waals surface area contributed by atoms with E-state index in [-0.39, 0.29) is 11.6 Å². The number of rotatable bonds is 10. The maximum Gasteiger partial charge on any atom is 0.310 e. The van der Waals surface area contributed by atoms with E-state index in [4.69, 9.17) is 4.74 Å². The lowest BCUT2D eigenvalue weighted by molar-refractivity contribution is -0.385. The molecule has 0 atom stereocenters. The monoisotopic (exact) mass is 395 g/mol. The number of carbonyl (C=O) groups is 1. The Bertz CT molecular complexity index is 876. The normalized spacial score (nSPS) is 15.9. The first-order valence-corrected chi connectivity index (χ1v) is 10.1. The molecule has 0 unspecified atom stereocenters.